The van der Waals surface area contributed by atoms with E-state index < -0.39 is 0 Å². The number of nitrogens with one attached hydrogen (secondary N) is 1. The molecule has 0 radical (unpaired) electrons. The summed E-state index contributed by atoms with van der Waals surface area (Å²) in [6.07, 6.45) is 1.73. The number of H-pyrrole nitrogens is 1. The maximum Gasteiger partial charge on any atom is 0.307 e. The Morgan fingerprint density at radius 1 is 1.55 bits per heavy atom. The quantitative estimate of drug-likeness (QED) is 0.736. The van der Waals surface area contributed by atoms with Crippen LogP contribution in [0, 0.1) is 0 Å². The molecule has 2 aromatic rings. The summed E-state index contributed by atoms with van der Waals surface area (Å²) in [7, 11) is 1.85. The van der Waals surface area contributed by atoms with Gasteiger partial charge in [-0.3, -0.25) is 19.6 Å². The van der Waals surface area contributed by atoms with Crippen molar-refractivity contribution in [2.75, 3.05) is 20.2 Å². The van der Waals surface area contributed by atoms with Gasteiger partial charge in [0, 0.05) is 19.2 Å². The van der Waals surface area contributed by atoms with Gasteiger partial charge in [-0.25, -0.2) is 9.97 Å². The van der Waals surface area contributed by atoms with E-state index in [1.54, 1.807) is 6.92 Å². The van der Waals surface area contributed by atoms with Crippen LogP contribution in [0.15, 0.2) is 17.2 Å². The fourth-order valence-electron chi connectivity index (χ4n) is 1.82. The van der Waals surface area contributed by atoms with Crippen LogP contribution in [0.2, 0.25) is 0 Å². The third-order valence-corrected chi connectivity index (χ3v) is 2.76. The number of hydrogen-bond donors (Lipinski definition) is 1. The summed E-state index contributed by atoms with van der Waals surface area (Å²) >= 11 is 0. The third kappa shape index (κ3) is 3.41. The molecule has 0 saturated heterocycles. The van der Waals surface area contributed by atoms with Gasteiger partial charge in [0.15, 0.2) is 0 Å². The average Bonchev–Trinajstić information content (AvgIpc) is 2.85. The topological polar surface area (TPSA) is 92.6 Å². The maximum absolute atomic E-state index is 11.8. The Labute approximate surface area is 115 Å². The molecule has 0 spiro atoms. The molecule has 0 atom stereocenters. The molecule has 0 aliphatic heterocycles. The van der Waals surface area contributed by atoms with Crippen molar-refractivity contribution < 1.29 is 9.53 Å². The van der Waals surface area contributed by atoms with Gasteiger partial charge in [-0.15, -0.1) is 0 Å². The van der Waals surface area contributed by atoms with Crippen molar-refractivity contribution >= 4 is 11.7 Å². The van der Waals surface area contributed by atoms with Gasteiger partial charge in [-0.1, -0.05) is 0 Å². The number of rotatable bonds is 6. The number of nitrogens with zero attached hydrogens (tertiary/aromatic N) is 4. The van der Waals surface area contributed by atoms with Crippen LogP contribution in [-0.2, 0) is 16.1 Å². The lowest BCUT2D eigenvalue weighted by Crippen LogP contribution is -2.24. The van der Waals surface area contributed by atoms with E-state index in [1.165, 1.54) is 16.9 Å². The van der Waals surface area contributed by atoms with E-state index >= 15 is 0 Å². The fraction of sp³-hybridized carbons (Fsp3) is 0.500. The first-order valence-electron chi connectivity index (χ1n) is 6.36. The number of fused-ring (bicyclic) bond motifs is 1. The number of carbonyl (C=O) groups is 1. The first-order chi connectivity index (χ1) is 9.60. The van der Waals surface area contributed by atoms with Crippen molar-refractivity contribution in [1.29, 1.82) is 0 Å². The van der Waals surface area contributed by atoms with Crippen molar-refractivity contribution in [2.24, 2.45) is 0 Å². The molecule has 0 aliphatic rings. The Kier molecular flexibility index (Phi) is 4.46. The summed E-state index contributed by atoms with van der Waals surface area (Å²) in [4.78, 5) is 33.1. The Morgan fingerprint density at radius 3 is 3.10 bits per heavy atom. The normalized spacial score (nSPS) is 11.2. The smallest absolute Gasteiger partial charge is 0.307 e. The molecule has 8 heteroatoms. The van der Waals surface area contributed by atoms with Gasteiger partial charge in [-0.2, -0.15) is 4.52 Å². The molecule has 0 bridgehead atoms. The molecule has 1 N–H and O–H groups in total. The van der Waals surface area contributed by atoms with E-state index in [9.17, 15) is 9.59 Å². The van der Waals surface area contributed by atoms with Crippen LogP contribution in [0.3, 0.4) is 0 Å². The summed E-state index contributed by atoms with van der Waals surface area (Å²) in [5, 5.41) is 2.68. The molecular formula is C12H17N5O3. The number of carbonyl (C=O) groups excluding carboxylic acids is 1. The number of aromatic amines is 1. The summed E-state index contributed by atoms with van der Waals surface area (Å²) in [5.41, 5.74) is 0.412. The molecule has 0 saturated carbocycles. The average molecular weight is 279 g/mol. The van der Waals surface area contributed by atoms with Gasteiger partial charge in [-0.05, 0) is 14.0 Å². The minimum atomic E-state index is -0.227. The van der Waals surface area contributed by atoms with Crippen molar-refractivity contribution in [3.8, 4) is 0 Å². The standard InChI is InChI=1S/C12H17N5O3/c1-3-20-11(19)4-5-16(2)7-9-6-10(18)17-12(15-9)13-8-14-17/h6,8H,3-5,7H2,1-2H3,(H,13,14,15). The Bertz CT molecular complexity index is 648. The highest BCUT2D eigenvalue weighted by molar-refractivity contribution is 5.69. The number of esters is 1. The second-order valence-corrected chi connectivity index (χ2v) is 4.40. The second kappa shape index (κ2) is 6.29. The van der Waals surface area contributed by atoms with Gasteiger partial charge in [0.2, 0.25) is 0 Å². The summed E-state index contributed by atoms with van der Waals surface area (Å²) < 4.78 is 6.13. The second-order valence-electron chi connectivity index (χ2n) is 4.40. The predicted octanol–water partition coefficient (Wildman–Crippen LogP) is -0.197. The van der Waals surface area contributed by atoms with Crippen molar-refractivity contribution in [2.45, 2.75) is 19.9 Å². The molecule has 2 rings (SSSR count). The first-order valence-corrected chi connectivity index (χ1v) is 6.36. The van der Waals surface area contributed by atoms with Crippen LogP contribution in [-0.4, -0.2) is 50.7 Å². The molecule has 108 valence electrons. The predicted molar refractivity (Wildman–Crippen MR) is 71.2 cm³/mol. The lowest BCUT2D eigenvalue weighted by atomic mass is 10.3. The van der Waals surface area contributed by atoms with Crippen molar-refractivity contribution in [3.63, 3.8) is 0 Å². The van der Waals surface area contributed by atoms with Gasteiger partial charge in [0.05, 0.1) is 18.7 Å². The van der Waals surface area contributed by atoms with Crippen LogP contribution in [0.1, 0.15) is 19.0 Å². The number of ether oxygens (including phenoxy) is 1. The molecule has 2 aromatic heterocycles. The molecule has 0 amide bonds. The largest absolute Gasteiger partial charge is 0.466 e. The highest BCUT2D eigenvalue weighted by atomic mass is 16.5. The zero-order chi connectivity index (χ0) is 14.5. The van der Waals surface area contributed by atoms with E-state index in [0.29, 0.717) is 37.6 Å². The van der Waals surface area contributed by atoms with Crippen LogP contribution < -0.4 is 5.56 Å². The minimum absolute atomic E-state index is 0.207. The van der Waals surface area contributed by atoms with E-state index in [2.05, 4.69) is 15.1 Å². The lowest BCUT2D eigenvalue weighted by Gasteiger charge is -2.15. The molecule has 20 heavy (non-hydrogen) atoms. The lowest BCUT2D eigenvalue weighted by molar-refractivity contribution is -0.143. The van der Waals surface area contributed by atoms with E-state index in [-0.39, 0.29) is 11.5 Å². The molecule has 0 unspecified atom stereocenters. The number of hydrogen-bond acceptors (Lipinski definition) is 6. The minimum Gasteiger partial charge on any atom is -0.466 e. The van der Waals surface area contributed by atoms with Crippen LogP contribution in [0.5, 0.6) is 0 Å². The molecule has 0 fully saturated rings. The van der Waals surface area contributed by atoms with Crippen molar-refractivity contribution in [1.82, 2.24) is 24.5 Å². The van der Waals surface area contributed by atoms with Crippen LogP contribution in [0.25, 0.3) is 5.78 Å². The van der Waals surface area contributed by atoms with Crippen LogP contribution >= 0.6 is 0 Å². The molecule has 0 aliphatic carbocycles. The van der Waals surface area contributed by atoms with E-state index in [4.69, 9.17) is 4.74 Å². The van der Waals surface area contributed by atoms with Gasteiger partial charge in [0.1, 0.15) is 6.33 Å². The fourth-order valence-corrected chi connectivity index (χ4v) is 1.82. The first kappa shape index (κ1) is 14.2. The maximum atomic E-state index is 11.8. The Balaban J connectivity index is 1.97. The highest BCUT2D eigenvalue weighted by Crippen LogP contribution is 2.00. The summed E-state index contributed by atoms with van der Waals surface area (Å²) in [6, 6.07) is 1.45. The van der Waals surface area contributed by atoms with Crippen LogP contribution in [0.4, 0.5) is 0 Å². The molecule has 8 nitrogen and oxygen atoms in total. The SMILES string of the molecule is CCOC(=O)CCN(C)Cc1cc(=O)n2[nH]cnc2n1. The van der Waals surface area contributed by atoms with Gasteiger partial charge < -0.3 is 4.74 Å². The molecular weight excluding hydrogens is 262 g/mol. The molecule has 2 heterocycles. The van der Waals surface area contributed by atoms with Gasteiger partial charge in [0.25, 0.3) is 11.3 Å². The zero-order valence-corrected chi connectivity index (χ0v) is 11.5. The number of aromatic nitrogens is 4. The summed E-state index contributed by atoms with van der Waals surface area (Å²) in [6.45, 7) is 3.17. The van der Waals surface area contributed by atoms with Gasteiger partial charge >= 0.3 is 5.97 Å². The third-order valence-electron chi connectivity index (χ3n) is 2.76. The molecule has 0 aromatic carbocycles. The zero-order valence-electron chi connectivity index (χ0n) is 11.5. The van der Waals surface area contributed by atoms with Crippen molar-refractivity contribution in [3.05, 3.63) is 28.4 Å². The van der Waals surface area contributed by atoms with E-state index in [0.717, 1.165) is 0 Å². The Morgan fingerprint density at radius 2 is 2.35 bits per heavy atom. The summed E-state index contributed by atoms with van der Waals surface area (Å²) in [5.74, 6) is 0.112. The monoisotopic (exact) mass is 279 g/mol. The van der Waals surface area contributed by atoms with E-state index in [1.807, 2.05) is 11.9 Å². The highest BCUT2D eigenvalue weighted by Gasteiger charge is 2.09. The Hall–Kier alpha value is -2.22.